The summed E-state index contributed by atoms with van der Waals surface area (Å²) in [4.78, 5) is 23.5. The molecule has 2 aromatic heterocycles. The van der Waals surface area contributed by atoms with Gasteiger partial charge in [-0.3, -0.25) is 9.69 Å². The van der Waals surface area contributed by atoms with E-state index in [2.05, 4.69) is 14.9 Å². The highest BCUT2D eigenvalue weighted by atomic mass is 32.1. The molecular weight excluding hydrogens is 349 g/mol. The fourth-order valence-electron chi connectivity index (χ4n) is 3.50. The number of halogens is 1. The second kappa shape index (κ2) is 7.68. The first-order chi connectivity index (χ1) is 12.7. The van der Waals surface area contributed by atoms with Crippen molar-refractivity contribution in [3.8, 4) is 10.4 Å². The normalized spacial score (nSPS) is 16.5. The third kappa shape index (κ3) is 3.86. The average molecular weight is 371 g/mol. The molecule has 4 nitrogen and oxygen atoms in total. The summed E-state index contributed by atoms with van der Waals surface area (Å²) in [6.07, 6.45) is 6.31. The second-order valence-corrected chi connectivity index (χ2v) is 7.94. The average Bonchev–Trinajstić information content (AvgIpc) is 3.02. The quantitative estimate of drug-likeness (QED) is 0.734. The number of nitrogens with zero attached hydrogens (tertiary/aromatic N) is 2. The van der Waals surface area contributed by atoms with E-state index in [9.17, 15) is 9.18 Å². The Balaban J connectivity index is 1.61. The zero-order valence-electron chi connectivity index (χ0n) is 14.6. The van der Waals surface area contributed by atoms with Crippen LogP contribution < -0.4 is 5.56 Å². The minimum Gasteiger partial charge on any atom is -0.308 e. The molecule has 1 N–H and O–H groups in total. The number of H-pyrrole nitrogens is 1. The topological polar surface area (TPSA) is 49.0 Å². The van der Waals surface area contributed by atoms with Crippen molar-refractivity contribution in [1.29, 1.82) is 0 Å². The molecule has 3 heterocycles. The molecule has 26 heavy (non-hydrogen) atoms. The molecule has 1 aromatic carbocycles. The van der Waals surface area contributed by atoms with Gasteiger partial charge < -0.3 is 4.98 Å². The Morgan fingerprint density at radius 2 is 1.77 bits per heavy atom. The largest absolute Gasteiger partial charge is 0.308 e. The summed E-state index contributed by atoms with van der Waals surface area (Å²) in [5, 5.41) is 0. The summed E-state index contributed by atoms with van der Waals surface area (Å²) in [6.45, 7) is 2.81. The van der Waals surface area contributed by atoms with Crippen molar-refractivity contribution < 1.29 is 4.39 Å². The summed E-state index contributed by atoms with van der Waals surface area (Å²) in [5.41, 5.74) is 1.54. The number of nitrogens with one attached hydrogen (secondary N) is 1. The van der Waals surface area contributed by atoms with Crippen LogP contribution in [0, 0.1) is 5.82 Å². The zero-order chi connectivity index (χ0) is 17.9. The lowest BCUT2D eigenvalue weighted by molar-refractivity contribution is 0.234. The Hall–Kier alpha value is -2.05. The highest BCUT2D eigenvalue weighted by Gasteiger charge is 2.14. The van der Waals surface area contributed by atoms with Crippen LogP contribution in [0.15, 0.2) is 35.1 Å². The van der Waals surface area contributed by atoms with Crippen molar-refractivity contribution in [3.63, 3.8) is 0 Å². The molecule has 0 atom stereocenters. The number of hydrogen-bond donors (Lipinski definition) is 1. The first kappa shape index (κ1) is 17.4. The molecular formula is C20H22FN3OS. The summed E-state index contributed by atoms with van der Waals surface area (Å²) < 4.78 is 13.8. The van der Waals surface area contributed by atoms with Crippen molar-refractivity contribution in [2.45, 2.75) is 38.6 Å². The highest BCUT2D eigenvalue weighted by Crippen LogP contribution is 2.31. The van der Waals surface area contributed by atoms with Gasteiger partial charge in [0.05, 0.1) is 12.1 Å². The number of thiophene rings is 1. The van der Waals surface area contributed by atoms with Gasteiger partial charge in [0.1, 0.15) is 16.3 Å². The lowest BCUT2D eigenvalue weighted by Gasteiger charge is -2.23. The van der Waals surface area contributed by atoms with E-state index in [1.54, 1.807) is 12.1 Å². The van der Waals surface area contributed by atoms with E-state index in [4.69, 9.17) is 0 Å². The predicted octanol–water partition coefficient (Wildman–Crippen LogP) is 4.56. The molecule has 6 heteroatoms. The van der Waals surface area contributed by atoms with Crippen LogP contribution in [-0.4, -0.2) is 28.0 Å². The molecule has 3 aromatic rings. The fourth-order valence-corrected chi connectivity index (χ4v) is 4.50. The minimum absolute atomic E-state index is 0.0876. The molecule has 0 unspecified atom stereocenters. The van der Waals surface area contributed by atoms with E-state index < -0.39 is 0 Å². The number of fused-ring (bicyclic) bond motifs is 1. The number of benzene rings is 1. The maximum atomic E-state index is 13.1. The number of hydrogen-bond acceptors (Lipinski definition) is 4. The fraction of sp³-hybridized carbons (Fsp3) is 0.400. The monoisotopic (exact) mass is 371 g/mol. The van der Waals surface area contributed by atoms with Crippen LogP contribution in [0.4, 0.5) is 4.39 Å². The van der Waals surface area contributed by atoms with Crippen LogP contribution in [0.1, 0.15) is 37.9 Å². The van der Waals surface area contributed by atoms with Crippen molar-refractivity contribution in [3.05, 3.63) is 52.3 Å². The Morgan fingerprint density at radius 3 is 2.50 bits per heavy atom. The Bertz CT molecular complexity index is 940. The molecule has 136 valence electrons. The molecule has 0 radical (unpaired) electrons. The zero-order valence-corrected chi connectivity index (χ0v) is 15.4. The molecule has 1 aliphatic rings. The maximum absolute atomic E-state index is 13.1. The van der Waals surface area contributed by atoms with E-state index in [1.807, 2.05) is 6.07 Å². The summed E-state index contributed by atoms with van der Waals surface area (Å²) in [6, 6.07) is 8.26. The molecule has 1 saturated heterocycles. The van der Waals surface area contributed by atoms with E-state index in [0.717, 1.165) is 34.9 Å². The lowest BCUT2D eigenvalue weighted by atomic mass is 10.1. The third-order valence-electron chi connectivity index (χ3n) is 4.88. The molecule has 0 aliphatic carbocycles. The van der Waals surface area contributed by atoms with Gasteiger partial charge in [-0.15, -0.1) is 11.3 Å². The van der Waals surface area contributed by atoms with Gasteiger partial charge in [0.2, 0.25) is 0 Å². The van der Waals surface area contributed by atoms with Crippen LogP contribution >= 0.6 is 11.3 Å². The molecule has 0 spiro atoms. The smallest absolute Gasteiger partial charge is 0.268 e. The molecule has 0 amide bonds. The van der Waals surface area contributed by atoms with E-state index in [1.165, 1.54) is 55.6 Å². The maximum Gasteiger partial charge on any atom is 0.268 e. The molecule has 0 bridgehead atoms. The van der Waals surface area contributed by atoms with Crippen LogP contribution in [0.3, 0.4) is 0 Å². The lowest BCUT2D eigenvalue weighted by Crippen LogP contribution is -2.28. The molecule has 0 saturated carbocycles. The molecule has 1 aliphatic heterocycles. The van der Waals surface area contributed by atoms with Crippen LogP contribution in [0.2, 0.25) is 0 Å². The Kier molecular flexibility index (Phi) is 5.13. The number of likely N-dealkylation sites (tertiary alicyclic amines) is 1. The Morgan fingerprint density at radius 1 is 1.08 bits per heavy atom. The van der Waals surface area contributed by atoms with Gasteiger partial charge in [-0.2, -0.15) is 0 Å². The van der Waals surface area contributed by atoms with Crippen LogP contribution in [0.25, 0.3) is 20.7 Å². The minimum atomic E-state index is -0.263. The third-order valence-corrected chi connectivity index (χ3v) is 6.05. The van der Waals surface area contributed by atoms with Gasteiger partial charge >= 0.3 is 0 Å². The van der Waals surface area contributed by atoms with Crippen molar-refractivity contribution >= 4 is 21.6 Å². The number of aromatic nitrogens is 2. The van der Waals surface area contributed by atoms with Gasteiger partial charge in [-0.25, -0.2) is 9.37 Å². The second-order valence-electron chi connectivity index (χ2n) is 6.89. The van der Waals surface area contributed by atoms with E-state index >= 15 is 0 Å². The summed E-state index contributed by atoms with van der Waals surface area (Å²) in [7, 11) is 0. The number of aromatic amines is 1. The van der Waals surface area contributed by atoms with E-state index in [0.29, 0.717) is 11.2 Å². The van der Waals surface area contributed by atoms with Gasteiger partial charge in [0, 0.05) is 4.88 Å². The van der Waals surface area contributed by atoms with E-state index in [-0.39, 0.29) is 11.4 Å². The SMILES string of the molecule is O=c1[nH]c(CN2CCCCCCC2)nc2cc(-c3ccc(F)cc3)sc12. The van der Waals surface area contributed by atoms with Crippen molar-refractivity contribution in [2.24, 2.45) is 0 Å². The van der Waals surface area contributed by atoms with Gasteiger partial charge in [0.25, 0.3) is 5.56 Å². The number of rotatable bonds is 3. The van der Waals surface area contributed by atoms with Gasteiger partial charge in [-0.05, 0) is 49.7 Å². The first-order valence-electron chi connectivity index (χ1n) is 9.20. The Labute approximate surface area is 155 Å². The standard InChI is InChI=1S/C20H22FN3OS/c21-15-8-6-14(7-9-15)17-12-16-19(26-17)20(25)23-18(22-16)13-24-10-4-2-1-3-5-11-24/h6-9,12H,1-5,10-11,13H2,(H,22,23,25). The van der Waals surface area contributed by atoms with Gasteiger partial charge in [0.15, 0.2) is 0 Å². The highest BCUT2D eigenvalue weighted by molar-refractivity contribution is 7.22. The van der Waals surface area contributed by atoms with Crippen LogP contribution in [-0.2, 0) is 6.54 Å². The van der Waals surface area contributed by atoms with Gasteiger partial charge in [-0.1, -0.05) is 31.4 Å². The molecule has 1 fully saturated rings. The molecule has 4 rings (SSSR count). The first-order valence-corrected chi connectivity index (χ1v) is 10.0. The predicted molar refractivity (Wildman–Crippen MR) is 104 cm³/mol. The van der Waals surface area contributed by atoms with Crippen LogP contribution in [0.5, 0.6) is 0 Å². The summed E-state index contributed by atoms with van der Waals surface area (Å²) >= 11 is 1.40. The van der Waals surface area contributed by atoms with Crippen molar-refractivity contribution in [2.75, 3.05) is 13.1 Å². The van der Waals surface area contributed by atoms with Crippen molar-refractivity contribution in [1.82, 2.24) is 14.9 Å². The summed E-state index contributed by atoms with van der Waals surface area (Å²) in [5.74, 6) is 0.466.